The van der Waals surface area contributed by atoms with E-state index in [9.17, 15) is 4.79 Å². The summed E-state index contributed by atoms with van der Waals surface area (Å²) in [6, 6.07) is 0. The third-order valence-corrected chi connectivity index (χ3v) is 1.05. The van der Waals surface area contributed by atoms with Gasteiger partial charge in [0.2, 0.25) is 5.91 Å². The molecule has 2 N–H and O–H groups in total. The first kappa shape index (κ1) is 8.43. The Kier molecular flexibility index (Phi) is 4.05. The molecule has 3 heteroatoms. The van der Waals surface area contributed by atoms with Crippen molar-refractivity contribution in [3.8, 4) is 0 Å². The van der Waals surface area contributed by atoms with Crippen molar-refractivity contribution >= 4 is 5.91 Å². The number of methoxy groups -OCH3 is 1. The molecule has 53 valence electrons. The van der Waals surface area contributed by atoms with Crippen LogP contribution in [0.2, 0.25) is 0 Å². The maximum absolute atomic E-state index is 10.2. The molecule has 9 heavy (non-hydrogen) atoms. The number of amides is 1. The lowest BCUT2D eigenvalue weighted by atomic mass is 10.2. The zero-order chi connectivity index (χ0) is 7.28. The predicted octanol–water partition coefficient (Wildman–Crippen LogP) is 0.101. The second kappa shape index (κ2) is 4.32. The van der Waals surface area contributed by atoms with Crippen LogP contribution in [-0.2, 0) is 9.53 Å². The van der Waals surface area contributed by atoms with Crippen molar-refractivity contribution in [2.45, 2.75) is 18.9 Å². The fraction of sp³-hybridized carbons (Fsp3) is 0.667. The number of hydrogen-bond acceptors (Lipinski definition) is 2. The number of primary amides is 1. The summed E-state index contributed by atoms with van der Waals surface area (Å²) in [5.41, 5.74) is 4.87. The second-order valence-electron chi connectivity index (χ2n) is 1.86. The van der Waals surface area contributed by atoms with E-state index in [2.05, 4.69) is 6.92 Å². The smallest absolute Gasteiger partial charge is 0.217 e. The van der Waals surface area contributed by atoms with Gasteiger partial charge < -0.3 is 10.5 Å². The van der Waals surface area contributed by atoms with E-state index in [1.54, 1.807) is 7.11 Å². The zero-order valence-corrected chi connectivity index (χ0v) is 5.59. The molecule has 1 amide bonds. The lowest BCUT2D eigenvalue weighted by Crippen LogP contribution is -2.14. The first-order chi connectivity index (χ1) is 4.16. The Hall–Kier alpha value is -0.570. The summed E-state index contributed by atoms with van der Waals surface area (Å²) < 4.78 is 4.78. The van der Waals surface area contributed by atoms with E-state index in [-0.39, 0.29) is 12.0 Å². The molecule has 0 heterocycles. The van der Waals surface area contributed by atoms with Crippen molar-refractivity contribution in [2.75, 3.05) is 7.11 Å². The van der Waals surface area contributed by atoms with Crippen LogP contribution in [0.15, 0.2) is 0 Å². The molecule has 0 fully saturated rings. The van der Waals surface area contributed by atoms with Crippen LogP contribution in [0.1, 0.15) is 12.8 Å². The van der Waals surface area contributed by atoms with Gasteiger partial charge >= 0.3 is 0 Å². The Morgan fingerprint density at radius 3 is 2.78 bits per heavy atom. The van der Waals surface area contributed by atoms with E-state index in [4.69, 9.17) is 10.5 Å². The third-order valence-electron chi connectivity index (χ3n) is 1.05. The van der Waals surface area contributed by atoms with Gasteiger partial charge in [0.1, 0.15) is 0 Å². The maximum atomic E-state index is 10.2. The van der Waals surface area contributed by atoms with E-state index in [1.807, 2.05) is 0 Å². The van der Waals surface area contributed by atoms with Crippen LogP contribution in [0.5, 0.6) is 0 Å². The highest BCUT2D eigenvalue weighted by atomic mass is 16.5. The van der Waals surface area contributed by atoms with Crippen molar-refractivity contribution in [3.63, 3.8) is 0 Å². The quantitative estimate of drug-likeness (QED) is 0.586. The maximum Gasteiger partial charge on any atom is 0.217 e. The van der Waals surface area contributed by atoms with Gasteiger partial charge in [-0.15, -0.1) is 0 Å². The molecular formula is C6H12NO2. The van der Waals surface area contributed by atoms with E-state index in [1.165, 1.54) is 0 Å². The van der Waals surface area contributed by atoms with Crippen molar-refractivity contribution in [1.29, 1.82) is 0 Å². The number of ether oxygens (including phenoxy) is 1. The molecule has 3 nitrogen and oxygen atoms in total. The minimum Gasteiger partial charge on any atom is -0.381 e. The second-order valence-corrected chi connectivity index (χ2v) is 1.86. The summed E-state index contributed by atoms with van der Waals surface area (Å²) in [5.74, 6) is -0.305. The van der Waals surface area contributed by atoms with Crippen LogP contribution in [0.4, 0.5) is 0 Å². The van der Waals surface area contributed by atoms with E-state index in [0.29, 0.717) is 12.8 Å². The molecule has 0 saturated carbocycles. The first-order valence-electron chi connectivity index (χ1n) is 2.81. The summed E-state index contributed by atoms with van der Waals surface area (Å²) in [6.07, 6.45) is 0.839. The van der Waals surface area contributed by atoms with Crippen LogP contribution < -0.4 is 5.73 Å². The summed E-state index contributed by atoms with van der Waals surface area (Å²) in [7, 11) is 1.55. The molecule has 0 aromatic heterocycles. The number of carbonyl (C=O) groups excluding carboxylic acids is 1. The van der Waals surface area contributed by atoms with Gasteiger partial charge in [0, 0.05) is 13.5 Å². The standard InChI is InChI=1S/C6H12NO2/c1-5(9-2)3-4-6(7)8/h5H,1,3-4H2,2H3,(H2,7,8). The molecule has 0 rings (SSSR count). The molecule has 1 unspecified atom stereocenters. The Balaban J connectivity index is 3.16. The van der Waals surface area contributed by atoms with Gasteiger partial charge in [-0.25, -0.2) is 0 Å². The van der Waals surface area contributed by atoms with Crippen LogP contribution in [0.25, 0.3) is 0 Å². The van der Waals surface area contributed by atoms with Crippen molar-refractivity contribution in [2.24, 2.45) is 5.73 Å². The lowest BCUT2D eigenvalue weighted by molar-refractivity contribution is -0.118. The monoisotopic (exact) mass is 130 g/mol. The van der Waals surface area contributed by atoms with Gasteiger partial charge in [-0.2, -0.15) is 0 Å². The minimum absolute atomic E-state index is 0.113. The predicted molar refractivity (Wildman–Crippen MR) is 34.6 cm³/mol. The number of nitrogens with two attached hydrogens (primary N) is 1. The molecule has 0 bridgehead atoms. The Morgan fingerprint density at radius 1 is 1.89 bits per heavy atom. The van der Waals surface area contributed by atoms with E-state index in [0.717, 1.165) is 0 Å². The molecular weight excluding hydrogens is 118 g/mol. The highest BCUT2D eigenvalue weighted by molar-refractivity contribution is 5.73. The molecule has 0 aliphatic rings. The molecule has 0 aromatic rings. The molecule has 1 atom stereocenters. The van der Waals surface area contributed by atoms with Crippen LogP contribution >= 0.6 is 0 Å². The van der Waals surface area contributed by atoms with E-state index < -0.39 is 0 Å². The van der Waals surface area contributed by atoms with Gasteiger partial charge in [0.05, 0.1) is 6.10 Å². The average Bonchev–Trinajstić information content (AvgIpc) is 1.83. The number of hydrogen-bond donors (Lipinski definition) is 1. The minimum atomic E-state index is -0.305. The van der Waals surface area contributed by atoms with Crippen molar-refractivity contribution in [1.82, 2.24) is 0 Å². The van der Waals surface area contributed by atoms with Crippen molar-refractivity contribution < 1.29 is 9.53 Å². The number of rotatable bonds is 4. The largest absolute Gasteiger partial charge is 0.381 e. The molecule has 0 saturated heterocycles. The molecule has 0 spiro atoms. The summed E-state index contributed by atoms with van der Waals surface area (Å²) >= 11 is 0. The summed E-state index contributed by atoms with van der Waals surface area (Å²) in [6.45, 7) is 3.60. The van der Waals surface area contributed by atoms with Crippen LogP contribution in [0, 0.1) is 6.92 Å². The molecule has 1 radical (unpaired) electrons. The Bertz CT molecular complexity index is 93.1. The fourth-order valence-corrected chi connectivity index (χ4v) is 0.421. The topological polar surface area (TPSA) is 52.3 Å². The lowest BCUT2D eigenvalue weighted by Gasteiger charge is -2.05. The normalized spacial score (nSPS) is 13.1. The van der Waals surface area contributed by atoms with Crippen LogP contribution in [-0.4, -0.2) is 19.1 Å². The summed E-state index contributed by atoms with van der Waals surface area (Å²) in [4.78, 5) is 10.2. The van der Waals surface area contributed by atoms with Gasteiger partial charge in [-0.3, -0.25) is 4.79 Å². The van der Waals surface area contributed by atoms with Gasteiger partial charge in [-0.1, -0.05) is 0 Å². The highest BCUT2D eigenvalue weighted by Gasteiger charge is 2.00. The van der Waals surface area contributed by atoms with Gasteiger partial charge in [0.25, 0.3) is 0 Å². The zero-order valence-electron chi connectivity index (χ0n) is 5.59. The van der Waals surface area contributed by atoms with E-state index >= 15 is 0 Å². The average molecular weight is 130 g/mol. The van der Waals surface area contributed by atoms with Crippen LogP contribution in [0.3, 0.4) is 0 Å². The first-order valence-corrected chi connectivity index (χ1v) is 2.81. The van der Waals surface area contributed by atoms with Gasteiger partial charge in [0.15, 0.2) is 0 Å². The third kappa shape index (κ3) is 5.30. The fourth-order valence-electron chi connectivity index (χ4n) is 0.421. The van der Waals surface area contributed by atoms with Gasteiger partial charge in [-0.05, 0) is 13.3 Å². The Labute approximate surface area is 55.2 Å². The Morgan fingerprint density at radius 2 is 2.44 bits per heavy atom. The highest BCUT2D eigenvalue weighted by Crippen LogP contribution is 1.97. The molecule has 0 aliphatic heterocycles. The van der Waals surface area contributed by atoms with Crippen molar-refractivity contribution in [3.05, 3.63) is 6.92 Å². The molecule has 0 aromatic carbocycles. The number of carbonyl (C=O) groups is 1. The SMILES string of the molecule is [CH2]C(CCC(N)=O)OC. The molecule has 0 aliphatic carbocycles. The summed E-state index contributed by atoms with van der Waals surface area (Å²) in [5, 5.41) is 0.